The predicted molar refractivity (Wildman–Crippen MR) is 129 cm³/mol. The molecule has 3 unspecified atom stereocenters. The molecule has 3 atom stereocenters. The van der Waals surface area contributed by atoms with E-state index in [-0.39, 0.29) is 10.8 Å². The molecule has 8 heteroatoms. The first kappa shape index (κ1) is 24.3. The molecule has 0 bridgehead atoms. The number of carbonyl (C=O) groups is 1. The topological polar surface area (TPSA) is 95.5 Å². The van der Waals surface area contributed by atoms with Gasteiger partial charge in [0.2, 0.25) is 15.9 Å². The lowest BCUT2D eigenvalue weighted by atomic mass is 9.91. The fourth-order valence-corrected chi connectivity index (χ4v) is 5.96. The average molecular weight is 485 g/mol. The van der Waals surface area contributed by atoms with Gasteiger partial charge in [-0.15, -0.1) is 0 Å². The van der Waals surface area contributed by atoms with E-state index in [0.717, 1.165) is 36.5 Å². The minimum absolute atomic E-state index is 0.00824. The maximum absolute atomic E-state index is 14.6. The lowest BCUT2D eigenvalue weighted by molar-refractivity contribution is -0.126. The van der Waals surface area contributed by atoms with Crippen molar-refractivity contribution in [2.75, 3.05) is 0 Å². The number of nitrogens with one attached hydrogen (secondary N) is 2. The quantitative estimate of drug-likeness (QED) is 0.449. The van der Waals surface area contributed by atoms with Crippen LogP contribution in [0, 0.1) is 11.7 Å². The molecule has 3 N–H and O–H groups in total. The molecule has 0 spiro atoms. The van der Waals surface area contributed by atoms with Crippen molar-refractivity contribution in [3.8, 4) is 0 Å². The Bertz CT molecular complexity index is 1270. The Morgan fingerprint density at radius 3 is 2.32 bits per heavy atom. The van der Waals surface area contributed by atoms with Crippen LogP contribution in [0.5, 0.6) is 0 Å². The van der Waals surface area contributed by atoms with Crippen molar-refractivity contribution in [1.82, 2.24) is 10.0 Å². The molecule has 0 saturated heterocycles. The van der Waals surface area contributed by atoms with Gasteiger partial charge in [-0.2, -0.15) is 4.72 Å². The normalized spacial score (nSPS) is 17.4. The summed E-state index contributed by atoms with van der Waals surface area (Å²) >= 11 is 0. The number of halogens is 1. The van der Waals surface area contributed by atoms with E-state index in [1.54, 1.807) is 30.3 Å². The molecule has 180 valence electrons. The summed E-state index contributed by atoms with van der Waals surface area (Å²) in [6.45, 7) is 1.35. The molecule has 3 aromatic rings. The van der Waals surface area contributed by atoms with Crippen molar-refractivity contribution >= 4 is 26.7 Å². The third-order valence-electron chi connectivity index (χ3n) is 6.49. The van der Waals surface area contributed by atoms with Crippen LogP contribution in [-0.4, -0.2) is 31.6 Å². The van der Waals surface area contributed by atoms with Crippen molar-refractivity contribution in [2.24, 2.45) is 5.92 Å². The number of carbonyl (C=O) groups excluding carboxylic acids is 1. The number of hydrogen-bond donors (Lipinski definition) is 3. The monoisotopic (exact) mass is 484 g/mol. The number of aliphatic hydroxyl groups excluding tert-OH is 1. The lowest BCUT2D eigenvalue weighted by Gasteiger charge is -2.29. The minimum atomic E-state index is -4.11. The molecule has 1 fully saturated rings. The van der Waals surface area contributed by atoms with Crippen LogP contribution in [0.1, 0.15) is 44.2 Å². The van der Waals surface area contributed by atoms with Crippen LogP contribution in [0.3, 0.4) is 0 Å². The van der Waals surface area contributed by atoms with Gasteiger partial charge in [0.25, 0.3) is 0 Å². The summed E-state index contributed by atoms with van der Waals surface area (Å²) in [5.41, 5.74) is 0.365. The Hall–Kier alpha value is -2.81. The van der Waals surface area contributed by atoms with E-state index in [0.29, 0.717) is 5.56 Å². The molecular formula is C26H29FN2O4S. The third kappa shape index (κ3) is 5.29. The summed E-state index contributed by atoms with van der Waals surface area (Å²) < 4.78 is 43.2. The Labute approximate surface area is 199 Å². The Morgan fingerprint density at radius 2 is 1.65 bits per heavy atom. The highest BCUT2D eigenvalue weighted by Gasteiger charge is 2.35. The van der Waals surface area contributed by atoms with Gasteiger partial charge < -0.3 is 10.4 Å². The maximum atomic E-state index is 14.6. The van der Waals surface area contributed by atoms with Gasteiger partial charge >= 0.3 is 0 Å². The van der Waals surface area contributed by atoms with Gasteiger partial charge in [0.05, 0.1) is 17.0 Å². The number of hydrogen-bond acceptors (Lipinski definition) is 4. The van der Waals surface area contributed by atoms with Crippen molar-refractivity contribution < 1.29 is 22.7 Å². The first-order chi connectivity index (χ1) is 16.3. The second kappa shape index (κ2) is 10.2. The van der Waals surface area contributed by atoms with Crippen molar-refractivity contribution in [1.29, 1.82) is 0 Å². The number of sulfonamides is 1. The SMILES string of the molecule is CC(O)C(NS(=O)(=O)c1ccc2ccccc2c1)C(=O)NC(c1ccccc1F)C1CCCC1. The summed E-state index contributed by atoms with van der Waals surface area (Å²) in [6.07, 6.45) is 2.34. The Morgan fingerprint density at radius 1 is 1.00 bits per heavy atom. The highest BCUT2D eigenvalue weighted by Crippen LogP contribution is 2.36. The highest BCUT2D eigenvalue weighted by molar-refractivity contribution is 7.89. The van der Waals surface area contributed by atoms with E-state index in [1.165, 1.54) is 25.1 Å². The smallest absolute Gasteiger partial charge is 0.241 e. The average Bonchev–Trinajstić information content (AvgIpc) is 3.36. The molecule has 1 aliphatic rings. The molecule has 3 aromatic carbocycles. The first-order valence-corrected chi connectivity index (χ1v) is 13.0. The second-order valence-electron chi connectivity index (χ2n) is 8.90. The number of benzene rings is 3. The lowest BCUT2D eigenvalue weighted by Crippen LogP contribution is -2.53. The van der Waals surface area contributed by atoms with Crippen molar-refractivity contribution in [3.63, 3.8) is 0 Å². The van der Waals surface area contributed by atoms with E-state index in [1.807, 2.05) is 18.2 Å². The van der Waals surface area contributed by atoms with Gasteiger partial charge in [0.15, 0.2) is 0 Å². The molecule has 0 aliphatic heterocycles. The van der Waals surface area contributed by atoms with E-state index >= 15 is 0 Å². The summed E-state index contributed by atoms with van der Waals surface area (Å²) in [7, 11) is -4.11. The Balaban J connectivity index is 1.59. The molecule has 1 saturated carbocycles. The van der Waals surface area contributed by atoms with Gasteiger partial charge in [-0.05, 0) is 54.7 Å². The molecule has 0 heterocycles. The van der Waals surface area contributed by atoms with Crippen molar-refractivity contribution in [3.05, 3.63) is 78.1 Å². The summed E-state index contributed by atoms with van der Waals surface area (Å²) in [5, 5.41) is 14.8. The summed E-state index contributed by atoms with van der Waals surface area (Å²) in [5.74, 6) is -1.09. The Kier molecular flexibility index (Phi) is 7.30. The molecule has 34 heavy (non-hydrogen) atoms. The van der Waals surface area contributed by atoms with E-state index in [9.17, 15) is 22.7 Å². The van der Waals surface area contributed by atoms with Gasteiger partial charge in [0.1, 0.15) is 11.9 Å². The van der Waals surface area contributed by atoms with Crippen LogP contribution in [-0.2, 0) is 14.8 Å². The summed E-state index contributed by atoms with van der Waals surface area (Å²) in [4.78, 5) is 13.2. The standard InChI is InChI=1S/C26H29FN2O4S/c1-17(30)24(29-34(32,33)21-15-14-18-8-2-5-11-20(18)16-21)26(31)28-25(19-9-3-4-10-19)22-12-6-7-13-23(22)27/h2,5-8,11-17,19,24-25,29-30H,3-4,9-10H2,1H3,(H,28,31). The fraction of sp³-hybridized carbons (Fsp3) is 0.346. The van der Waals surface area contributed by atoms with Crippen LogP contribution in [0.4, 0.5) is 4.39 Å². The van der Waals surface area contributed by atoms with Crippen molar-refractivity contribution in [2.45, 2.75) is 55.7 Å². The predicted octanol–water partition coefficient (Wildman–Crippen LogP) is 4.05. The molecule has 1 aliphatic carbocycles. The molecule has 1 amide bonds. The molecular weight excluding hydrogens is 455 g/mol. The fourth-order valence-electron chi connectivity index (χ4n) is 4.65. The zero-order valence-corrected chi connectivity index (χ0v) is 19.8. The number of fused-ring (bicyclic) bond motifs is 1. The molecule has 6 nitrogen and oxygen atoms in total. The number of aliphatic hydroxyl groups is 1. The van der Waals surface area contributed by atoms with E-state index < -0.39 is 39.9 Å². The summed E-state index contributed by atoms with van der Waals surface area (Å²) in [6, 6.07) is 16.2. The van der Waals surface area contributed by atoms with Gasteiger partial charge in [-0.3, -0.25) is 4.79 Å². The maximum Gasteiger partial charge on any atom is 0.241 e. The van der Waals surface area contributed by atoms with Crippen LogP contribution < -0.4 is 10.0 Å². The molecule has 4 rings (SSSR count). The highest BCUT2D eigenvalue weighted by atomic mass is 32.2. The molecule has 0 aromatic heterocycles. The largest absolute Gasteiger partial charge is 0.391 e. The minimum Gasteiger partial charge on any atom is -0.391 e. The van der Waals surface area contributed by atoms with Gasteiger partial charge in [-0.25, -0.2) is 12.8 Å². The number of rotatable bonds is 8. The van der Waals surface area contributed by atoms with Crippen LogP contribution >= 0.6 is 0 Å². The van der Waals surface area contributed by atoms with Gasteiger partial charge in [-0.1, -0.05) is 61.4 Å². The van der Waals surface area contributed by atoms with E-state index in [2.05, 4.69) is 10.0 Å². The number of amides is 1. The second-order valence-corrected chi connectivity index (χ2v) is 10.6. The van der Waals surface area contributed by atoms with E-state index in [4.69, 9.17) is 0 Å². The van der Waals surface area contributed by atoms with Crippen LogP contribution in [0.15, 0.2) is 71.6 Å². The zero-order chi connectivity index (χ0) is 24.3. The molecule has 0 radical (unpaired) electrons. The zero-order valence-electron chi connectivity index (χ0n) is 18.9. The van der Waals surface area contributed by atoms with Crippen LogP contribution in [0.2, 0.25) is 0 Å². The van der Waals surface area contributed by atoms with Crippen LogP contribution in [0.25, 0.3) is 10.8 Å². The third-order valence-corrected chi connectivity index (χ3v) is 7.93. The van der Waals surface area contributed by atoms with Gasteiger partial charge in [0, 0.05) is 5.56 Å². The first-order valence-electron chi connectivity index (χ1n) is 11.5.